The van der Waals surface area contributed by atoms with Gasteiger partial charge in [-0.1, -0.05) is 11.2 Å². The normalized spacial score (nSPS) is 12.3. The quantitative estimate of drug-likeness (QED) is 0.318. The van der Waals surface area contributed by atoms with Crippen molar-refractivity contribution in [3.8, 4) is 0 Å². The number of hydrogen-bond donors (Lipinski definition) is 3. The lowest BCUT2D eigenvalue weighted by atomic mass is 9.91. The van der Waals surface area contributed by atoms with Gasteiger partial charge in [0.15, 0.2) is 5.84 Å². The van der Waals surface area contributed by atoms with Gasteiger partial charge < -0.3 is 16.3 Å². The molecule has 0 fully saturated rings. The van der Waals surface area contributed by atoms with Gasteiger partial charge in [-0.25, -0.2) is 0 Å². The van der Waals surface area contributed by atoms with E-state index < -0.39 is 5.41 Å². The van der Waals surface area contributed by atoms with Gasteiger partial charge in [0.25, 0.3) is 0 Å². The number of amidine groups is 1. The molecule has 1 rings (SSSR count). The monoisotopic (exact) mass is 250 g/mol. The standard InChI is InChI=1S/C12H18N4O2/c1-8-5-4-6-14-9(8)7-15-11(17)12(2,3)10(13)16-18/h4-6,18H,7H2,1-3H3,(H2,13,16)(H,15,17). The second-order valence-electron chi connectivity index (χ2n) is 4.56. The average Bonchev–Trinajstić information content (AvgIpc) is 2.36. The lowest BCUT2D eigenvalue weighted by Gasteiger charge is -2.21. The van der Waals surface area contributed by atoms with Gasteiger partial charge in [-0.2, -0.15) is 0 Å². The SMILES string of the molecule is Cc1cccnc1CNC(=O)C(C)(C)C(N)=NO. The number of nitrogens with zero attached hydrogens (tertiary/aromatic N) is 2. The molecule has 0 aromatic carbocycles. The van der Waals surface area contributed by atoms with Gasteiger partial charge in [-0.3, -0.25) is 9.78 Å². The number of hydrogen-bond acceptors (Lipinski definition) is 4. The minimum atomic E-state index is -1.06. The summed E-state index contributed by atoms with van der Waals surface area (Å²) in [7, 11) is 0. The van der Waals surface area contributed by atoms with Gasteiger partial charge in [0.2, 0.25) is 5.91 Å². The van der Waals surface area contributed by atoms with Gasteiger partial charge in [-0.05, 0) is 32.4 Å². The average molecular weight is 250 g/mol. The van der Waals surface area contributed by atoms with Crippen LogP contribution in [-0.4, -0.2) is 21.9 Å². The summed E-state index contributed by atoms with van der Waals surface area (Å²) in [6.07, 6.45) is 1.67. The fourth-order valence-electron chi connectivity index (χ4n) is 1.33. The molecule has 6 nitrogen and oxygen atoms in total. The number of pyridine rings is 1. The molecule has 98 valence electrons. The highest BCUT2D eigenvalue weighted by Gasteiger charge is 2.32. The summed E-state index contributed by atoms with van der Waals surface area (Å²) < 4.78 is 0. The van der Waals surface area contributed by atoms with E-state index in [4.69, 9.17) is 10.9 Å². The van der Waals surface area contributed by atoms with Crippen molar-refractivity contribution >= 4 is 11.7 Å². The van der Waals surface area contributed by atoms with Crippen molar-refractivity contribution in [3.05, 3.63) is 29.6 Å². The van der Waals surface area contributed by atoms with Crippen molar-refractivity contribution in [2.24, 2.45) is 16.3 Å². The van der Waals surface area contributed by atoms with Gasteiger partial charge in [-0.15, -0.1) is 0 Å². The maximum Gasteiger partial charge on any atom is 0.233 e. The topological polar surface area (TPSA) is 101 Å². The van der Waals surface area contributed by atoms with Crippen LogP contribution < -0.4 is 11.1 Å². The van der Waals surface area contributed by atoms with E-state index in [1.807, 2.05) is 19.1 Å². The second-order valence-corrected chi connectivity index (χ2v) is 4.56. The van der Waals surface area contributed by atoms with Crippen LogP contribution in [0, 0.1) is 12.3 Å². The van der Waals surface area contributed by atoms with Crippen molar-refractivity contribution in [1.82, 2.24) is 10.3 Å². The Labute approximate surface area is 106 Å². The van der Waals surface area contributed by atoms with E-state index in [1.54, 1.807) is 20.0 Å². The van der Waals surface area contributed by atoms with Crippen LogP contribution in [0.1, 0.15) is 25.1 Å². The van der Waals surface area contributed by atoms with Gasteiger partial charge in [0.1, 0.15) is 5.41 Å². The van der Waals surface area contributed by atoms with E-state index >= 15 is 0 Å². The summed E-state index contributed by atoms with van der Waals surface area (Å²) in [5.74, 6) is -0.444. The minimum absolute atomic E-state index is 0.127. The molecular formula is C12H18N4O2. The number of aromatic nitrogens is 1. The second kappa shape index (κ2) is 5.48. The summed E-state index contributed by atoms with van der Waals surface area (Å²) in [4.78, 5) is 16.1. The van der Waals surface area contributed by atoms with Gasteiger partial charge in [0.05, 0.1) is 12.2 Å². The van der Waals surface area contributed by atoms with Crippen LogP contribution in [0.2, 0.25) is 0 Å². The Morgan fingerprint density at radius 1 is 1.61 bits per heavy atom. The zero-order chi connectivity index (χ0) is 13.8. The van der Waals surface area contributed by atoms with Gasteiger partial charge >= 0.3 is 0 Å². The number of nitrogens with two attached hydrogens (primary N) is 1. The number of amides is 1. The molecule has 0 aliphatic rings. The minimum Gasteiger partial charge on any atom is -0.409 e. The fourth-order valence-corrected chi connectivity index (χ4v) is 1.33. The van der Waals surface area contributed by atoms with Crippen LogP contribution in [0.4, 0.5) is 0 Å². The molecule has 1 amide bonds. The van der Waals surface area contributed by atoms with Crippen molar-refractivity contribution < 1.29 is 10.0 Å². The summed E-state index contributed by atoms with van der Waals surface area (Å²) in [5, 5.41) is 14.2. The highest BCUT2D eigenvalue weighted by atomic mass is 16.4. The van der Waals surface area contributed by atoms with E-state index in [0.29, 0.717) is 6.54 Å². The number of carbonyl (C=O) groups excluding carboxylic acids is 1. The lowest BCUT2D eigenvalue weighted by molar-refractivity contribution is -0.126. The summed E-state index contributed by atoms with van der Waals surface area (Å²) in [6, 6.07) is 3.75. The van der Waals surface area contributed by atoms with Crippen molar-refractivity contribution in [2.75, 3.05) is 0 Å². The van der Waals surface area contributed by atoms with Crippen LogP contribution >= 0.6 is 0 Å². The Morgan fingerprint density at radius 2 is 2.28 bits per heavy atom. The highest BCUT2D eigenvalue weighted by molar-refractivity contribution is 6.05. The predicted octanol–water partition coefficient (Wildman–Crippen LogP) is 0.779. The molecule has 4 N–H and O–H groups in total. The first-order chi connectivity index (χ1) is 8.39. The molecule has 1 aromatic rings. The highest BCUT2D eigenvalue weighted by Crippen LogP contribution is 2.15. The zero-order valence-electron chi connectivity index (χ0n) is 10.8. The molecule has 0 atom stereocenters. The molecule has 18 heavy (non-hydrogen) atoms. The van der Waals surface area contributed by atoms with E-state index in [9.17, 15) is 4.79 Å². The molecule has 0 saturated heterocycles. The Hall–Kier alpha value is -2.11. The first kappa shape index (κ1) is 14.0. The van der Waals surface area contributed by atoms with Crippen molar-refractivity contribution in [2.45, 2.75) is 27.3 Å². The van der Waals surface area contributed by atoms with E-state index in [2.05, 4.69) is 15.5 Å². The Bertz CT molecular complexity index is 469. The summed E-state index contributed by atoms with van der Waals surface area (Å²) in [6.45, 7) is 5.40. The molecule has 0 bridgehead atoms. The fraction of sp³-hybridized carbons (Fsp3) is 0.417. The number of carbonyl (C=O) groups is 1. The maximum absolute atomic E-state index is 11.9. The molecule has 0 saturated carbocycles. The lowest BCUT2D eigenvalue weighted by Crippen LogP contribution is -2.45. The molecule has 0 unspecified atom stereocenters. The largest absolute Gasteiger partial charge is 0.409 e. The number of rotatable bonds is 4. The van der Waals surface area contributed by atoms with E-state index in [1.165, 1.54) is 0 Å². The molecule has 0 aliphatic heterocycles. The third kappa shape index (κ3) is 2.97. The molecule has 6 heteroatoms. The number of nitrogens with one attached hydrogen (secondary N) is 1. The van der Waals surface area contributed by atoms with E-state index in [0.717, 1.165) is 11.3 Å². The first-order valence-corrected chi connectivity index (χ1v) is 5.56. The Morgan fingerprint density at radius 3 is 2.83 bits per heavy atom. The third-order valence-electron chi connectivity index (χ3n) is 2.85. The Kier molecular flexibility index (Phi) is 4.25. The van der Waals surface area contributed by atoms with Crippen molar-refractivity contribution in [1.29, 1.82) is 0 Å². The molecule has 1 aromatic heterocycles. The van der Waals surface area contributed by atoms with Crippen LogP contribution in [0.15, 0.2) is 23.5 Å². The summed E-state index contributed by atoms with van der Waals surface area (Å²) >= 11 is 0. The molecule has 0 aliphatic carbocycles. The molecule has 1 heterocycles. The summed E-state index contributed by atoms with van der Waals surface area (Å²) in [5.41, 5.74) is 6.21. The van der Waals surface area contributed by atoms with E-state index in [-0.39, 0.29) is 11.7 Å². The number of oxime groups is 1. The van der Waals surface area contributed by atoms with Crippen LogP contribution in [0.3, 0.4) is 0 Å². The Balaban J connectivity index is 2.70. The predicted molar refractivity (Wildman–Crippen MR) is 68.0 cm³/mol. The van der Waals surface area contributed by atoms with Crippen LogP contribution in [0.25, 0.3) is 0 Å². The van der Waals surface area contributed by atoms with Crippen LogP contribution in [-0.2, 0) is 11.3 Å². The number of aryl methyl sites for hydroxylation is 1. The smallest absolute Gasteiger partial charge is 0.233 e. The van der Waals surface area contributed by atoms with Gasteiger partial charge in [0, 0.05) is 6.20 Å². The van der Waals surface area contributed by atoms with Crippen molar-refractivity contribution in [3.63, 3.8) is 0 Å². The van der Waals surface area contributed by atoms with Crippen LogP contribution in [0.5, 0.6) is 0 Å². The zero-order valence-corrected chi connectivity index (χ0v) is 10.8. The molecular weight excluding hydrogens is 232 g/mol. The molecule has 0 radical (unpaired) electrons. The third-order valence-corrected chi connectivity index (χ3v) is 2.85. The first-order valence-electron chi connectivity index (χ1n) is 5.56. The molecule has 0 spiro atoms. The maximum atomic E-state index is 11.9.